The number of hydrogen-bond donors (Lipinski definition) is 1. The molecular weight excluding hydrogens is 360 g/mol. The van der Waals surface area contributed by atoms with Crippen molar-refractivity contribution in [2.45, 2.75) is 47.0 Å². The van der Waals surface area contributed by atoms with Gasteiger partial charge in [-0.3, -0.25) is 9.59 Å². The molecule has 0 fully saturated rings. The number of carbonyl (C=O) groups excluding carboxylic acids is 2. The summed E-state index contributed by atoms with van der Waals surface area (Å²) >= 11 is 0. The Morgan fingerprint density at radius 3 is 2.07 bits per heavy atom. The van der Waals surface area contributed by atoms with Crippen LogP contribution in [0.15, 0.2) is 42.5 Å². The second-order valence-electron chi connectivity index (χ2n) is 8.72. The fraction of sp³-hybridized carbons (Fsp3) is 0.360. The van der Waals surface area contributed by atoms with E-state index < -0.39 is 0 Å². The van der Waals surface area contributed by atoms with Crippen molar-refractivity contribution in [2.75, 3.05) is 18.9 Å². The topological polar surface area (TPSA) is 49.4 Å². The van der Waals surface area contributed by atoms with Crippen molar-refractivity contribution < 1.29 is 9.59 Å². The smallest absolute Gasteiger partial charge is 0.246 e. The molecule has 0 heterocycles. The molecule has 0 bridgehead atoms. The van der Waals surface area contributed by atoms with Crippen molar-refractivity contribution in [3.8, 4) is 0 Å². The van der Waals surface area contributed by atoms with Crippen molar-refractivity contribution >= 4 is 23.6 Å². The Labute approximate surface area is 174 Å². The van der Waals surface area contributed by atoms with Gasteiger partial charge in [0.15, 0.2) is 0 Å². The predicted octanol–water partition coefficient (Wildman–Crippen LogP) is 5.02. The lowest BCUT2D eigenvalue weighted by Gasteiger charge is -2.19. The fourth-order valence-electron chi connectivity index (χ4n) is 3.24. The third-order valence-electron chi connectivity index (χ3n) is 4.89. The second-order valence-corrected chi connectivity index (χ2v) is 8.72. The van der Waals surface area contributed by atoms with E-state index in [0.29, 0.717) is 0 Å². The lowest BCUT2D eigenvalue weighted by molar-refractivity contribution is -0.129. The molecule has 0 aliphatic rings. The number of amides is 2. The second kappa shape index (κ2) is 9.08. The normalized spacial score (nSPS) is 11.6. The zero-order valence-electron chi connectivity index (χ0n) is 18.6. The van der Waals surface area contributed by atoms with Gasteiger partial charge in [0.2, 0.25) is 11.8 Å². The van der Waals surface area contributed by atoms with Crippen molar-refractivity contribution in [3.05, 3.63) is 70.3 Å². The van der Waals surface area contributed by atoms with Gasteiger partial charge in [-0.25, -0.2) is 0 Å². The van der Waals surface area contributed by atoms with E-state index in [9.17, 15) is 9.59 Å². The Kier molecular flexibility index (Phi) is 7.02. The molecule has 2 aromatic carbocycles. The number of rotatable bonds is 5. The molecule has 4 nitrogen and oxygen atoms in total. The van der Waals surface area contributed by atoms with Gasteiger partial charge in [-0.15, -0.1) is 0 Å². The molecule has 0 unspecified atom stereocenters. The number of aryl methyl sites for hydroxylation is 3. The van der Waals surface area contributed by atoms with Crippen LogP contribution in [0.25, 0.3) is 6.08 Å². The molecule has 2 rings (SSSR count). The standard InChI is InChI=1S/C25H32N2O2/c1-17-14-18(2)24(19(3)15-17)26-22(28)16-27(7)23(29)13-10-20-8-11-21(12-9-20)25(4,5)6/h8-15H,16H2,1-7H3,(H,26,28)/b13-10+. The van der Waals surface area contributed by atoms with Crippen LogP contribution < -0.4 is 5.32 Å². The summed E-state index contributed by atoms with van der Waals surface area (Å²) in [6.07, 6.45) is 3.28. The third kappa shape index (κ3) is 6.31. The van der Waals surface area contributed by atoms with Crippen LogP contribution in [0.1, 0.15) is 48.6 Å². The van der Waals surface area contributed by atoms with E-state index >= 15 is 0 Å². The van der Waals surface area contributed by atoms with Gasteiger partial charge in [0.05, 0.1) is 6.54 Å². The highest BCUT2D eigenvalue weighted by atomic mass is 16.2. The van der Waals surface area contributed by atoms with Gasteiger partial charge >= 0.3 is 0 Å². The van der Waals surface area contributed by atoms with Gasteiger partial charge in [0.25, 0.3) is 0 Å². The molecule has 0 radical (unpaired) electrons. The van der Waals surface area contributed by atoms with Gasteiger partial charge in [0, 0.05) is 18.8 Å². The van der Waals surface area contributed by atoms with Crippen LogP contribution >= 0.6 is 0 Å². The maximum absolute atomic E-state index is 12.4. The van der Waals surface area contributed by atoms with Crippen LogP contribution in [0, 0.1) is 20.8 Å². The summed E-state index contributed by atoms with van der Waals surface area (Å²) < 4.78 is 0. The molecule has 0 aliphatic carbocycles. The number of hydrogen-bond acceptors (Lipinski definition) is 2. The van der Waals surface area contributed by atoms with Gasteiger partial charge in [-0.05, 0) is 54.5 Å². The summed E-state index contributed by atoms with van der Waals surface area (Å²) in [6, 6.07) is 12.2. The summed E-state index contributed by atoms with van der Waals surface area (Å²) in [5, 5.41) is 2.93. The first-order valence-electron chi connectivity index (χ1n) is 9.89. The summed E-state index contributed by atoms with van der Waals surface area (Å²) in [5.41, 5.74) is 6.31. The van der Waals surface area contributed by atoms with Gasteiger partial charge in [-0.1, -0.05) is 62.7 Å². The predicted molar refractivity (Wildman–Crippen MR) is 121 cm³/mol. The number of nitrogens with one attached hydrogen (secondary N) is 1. The zero-order valence-corrected chi connectivity index (χ0v) is 18.6. The Morgan fingerprint density at radius 2 is 1.55 bits per heavy atom. The van der Waals surface area contributed by atoms with Gasteiger partial charge in [0.1, 0.15) is 0 Å². The highest BCUT2D eigenvalue weighted by molar-refractivity contribution is 5.98. The quantitative estimate of drug-likeness (QED) is 0.727. The van der Waals surface area contributed by atoms with Gasteiger partial charge in [-0.2, -0.15) is 0 Å². The maximum Gasteiger partial charge on any atom is 0.246 e. The van der Waals surface area contributed by atoms with E-state index in [4.69, 9.17) is 0 Å². The number of carbonyl (C=O) groups is 2. The van der Waals surface area contributed by atoms with E-state index in [1.165, 1.54) is 16.5 Å². The Balaban J connectivity index is 1.96. The lowest BCUT2D eigenvalue weighted by atomic mass is 9.87. The Hall–Kier alpha value is -2.88. The molecule has 4 heteroatoms. The summed E-state index contributed by atoms with van der Waals surface area (Å²) in [7, 11) is 1.63. The fourth-order valence-corrected chi connectivity index (χ4v) is 3.24. The molecule has 2 amide bonds. The average Bonchev–Trinajstić information content (AvgIpc) is 2.62. The van der Waals surface area contributed by atoms with Crippen molar-refractivity contribution in [1.82, 2.24) is 4.90 Å². The Bertz CT molecular complexity index is 896. The van der Waals surface area contributed by atoms with Crippen LogP contribution in [-0.4, -0.2) is 30.3 Å². The minimum atomic E-state index is -0.211. The first-order chi connectivity index (χ1) is 13.5. The number of likely N-dealkylation sites (N-methyl/N-ethyl adjacent to an activating group) is 1. The molecule has 29 heavy (non-hydrogen) atoms. The minimum absolute atomic E-state index is 0.00110. The highest BCUT2D eigenvalue weighted by Crippen LogP contribution is 2.23. The van der Waals surface area contributed by atoms with E-state index in [1.54, 1.807) is 13.1 Å². The average molecular weight is 393 g/mol. The first kappa shape index (κ1) is 22.4. The van der Waals surface area contributed by atoms with E-state index in [-0.39, 0.29) is 23.8 Å². The minimum Gasteiger partial charge on any atom is -0.333 e. The van der Waals surface area contributed by atoms with Crippen LogP contribution in [0.3, 0.4) is 0 Å². The number of anilines is 1. The molecule has 154 valence electrons. The SMILES string of the molecule is Cc1cc(C)c(NC(=O)CN(C)C(=O)/C=C/c2ccc(C(C)(C)C)cc2)c(C)c1. The highest BCUT2D eigenvalue weighted by Gasteiger charge is 2.14. The molecule has 1 N–H and O–H groups in total. The molecule has 0 aliphatic heterocycles. The number of nitrogens with zero attached hydrogens (tertiary/aromatic N) is 1. The van der Waals surface area contributed by atoms with Gasteiger partial charge < -0.3 is 10.2 Å². The molecule has 0 atom stereocenters. The third-order valence-corrected chi connectivity index (χ3v) is 4.89. The van der Waals surface area contributed by atoms with Crippen molar-refractivity contribution in [1.29, 1.82) is 0 Å². The van der Waals surface area contributed by atoms with E-state index in [2.05, 4.69) is 38.2 Å². The van der Waals surface area contributed by atoms with Crippen LogP contribution in [0.4, 0.5) is 5.69 Å². The summed E-state index contributed by atoms with van der Waals surface area (Å²) in [5.74, 6) is -0.420. The monoisotopic (exact) mass is 392 g/mol. The molecular formula is C25H32N2O2. The Morgan fingerprint density at radius 1 is 1.00 bits per heavy atom. The molecule has 2 aromatic rings. The van der Waals surface area contributed by atoms with Crippen molar-refractivity contribution in [3.63, 3.8) is 0 Å². The molecule has 0 saturated carbocycles. The van der Waals surface area contributed by atoms with Crippen LogP contribution in [0.2, 0.25) is 0 Å². The summed E-state index contributed by atoms with van der Waals surface area (Å²) in [6.45, 7) is 12.5. The molecule has 0 spiro atoms. The lowest BCUT2D eigenvalue weighted by Crippen LogP contribution is -2.34. The number of benzene rings is 2. The van der Waals surface area contributed by atoms with Crippen molar-refractivity contribution in [2.24, 2.45) is 0 Å². The summed E-state index contributed by atoms with van der Waals surface area (Å²) in [4.78, 5) is 26.2. The van der Waals surface area contributed by atoms with Crippen LogP contribution in [0.5, 0.6) is 0 Å². The first-order valence-corrected chi connectivity index (χ1v) is 9.89. The van der Waals surface area contributed by atoms with Crippen LogP contribution in [-0.2, 0) is 15.0 Å². The largest absolute Gasteiger partial charge is 0.333 e. The van der Waals surface area contributed by atoms with E-state index in [0.717, 1.165) is 27.9 Å². The molecule has 0 saturated heterocycles. The zero-order chi connectivity index (χ0) is 21.8. The molecule has 0 aromatic heterocycles. The van der Waals surface area contributed by atoms with E-state index in [1.807, 2.05) is 45.0 Å². The maximum atomic E-state index is 12.4.